The number of hydrogen-bond donors (Lipinski definition) is 2. The van der Waals surface area contributed by atoms with Crippen molar-refractivity contribution in [3.05, 3.63) is 24.0 Å². The molecule has 2 N–H and O–H groups in total. The largest absolute Gasteiger partial charge is 0.506 e. The van der Waals surface area contributed by atoms with Crippen molar-refractivity contribution < 1.29 is 5.11 Å². The summed E-state index contributed by atoms with van der Waals surface area (Å²) in [4.78, 5) is 6.24. The van der Waals surface area contributed by atoms with Gasteiger partial charge in [-0.25, -0.2) is 0 Å². The van der Waals surface area contributed by atoms with Gasteiger partial charge < -0.3 is 15.3 Å². The van der Waals surface area contributed by atoms with Crippen LogP contribution in [0.4, 0.5) is 0 Å². The lowest BCUT2D eigenvalue weighted by atomic mass is 10.3. The molecule has 1 heterocycles. The number of nitrogens with zero attached hydrogens (tertiary/aromatic N) is 2. The summed E-state index contributed by atoms with van der Waals surface area (Å²) < 4.78 is 0. The molecule has 1 aromatic heterocycles. The fraction of sp³-hybridized carbons (Fsp3) is 0.545. The smallest absolute Gasteiger partial charge is 0.133 e. The highest BCUT2D eigenvalue weighted by Crippen LogP contribution is 2.05. The molecule has 1 unspecified atom stereocenters. The van der Waals surface area contributed by atoms with Gasteiger partial charge in [-0.2, -0.15) is 0 Å². The maximum Gasteiger partial charge on any atom is 0.133 e. The second kappa shape index (κ2) is 5.68. The molecule has 0 aromatic carbocycles. The van der Waals surface area contributed by atoms with Crippen LogP contribution in [0.15, 0.2) is 18.3 Å². The van der Waals surface area contributed by atoms with Crippen LogP contribution in [0.3, 0.4) is 0 Å². The fourth-order valence-electron chi connectivity index (χ4n) is 1.41. The Balaban J connectivity index is 2.33. The minimum absolute atomic E-state index is 0.208. The van der Waals surface area contributed by atoms with E-state index in [1.54, 1.807) is 6.07 Å². The first-order valence-corrected chi connectivity index (χ1v) is 5.10. The highest BCUT2D eigenvalue weighted by molar-refractivity contribution is 5.17. The van der Waals surface area contributed by atoms with Gasteiger partial charge in [0.2, 0.25) is 0 Å². The molecule has 0 fully saturated rings. The second-order valence-corrected chi connectivity index (χ2v) is 4.05. The lowest BCUT2D eigenvalue weighted by Crippen LogP contribution is -2.35. The van der Waals surface area contributed by atoms with E-state index in [4.69, 9.17) is 5.11 Å². The average Bonchev–Trinajstić information content (AvgIpc) is 2.16. The molecule has 15 heavy (non-hydrogen) atoms. The zero-order chi connectivity index (χ0) is 11.3. The van der Waals surface area contributed by atoms with Crippen LogP contribution in [0.2, 0.25) is 0 Å². The highest BCUT2D eigenvalue weighted by Gasteiger charge is 2.03. The molecule has 0 saturated carbocycles. The Labute approximate surface area is 90.9 Å². The van der Waals surface area contributed by atoms with Crippen molar-refractivity contribution in [3.8, 4) is 5.75 Å². The van der Waals surface area contributed by atoms with E-state index in [0.717, 1.165) is 18.8 Å². The fourth-order valence-corrected chi connectivity index (χ4v) is 1.41. The van der Waals surface area contributed by atoms with E-state index in [2.05, 4.69) is 36.2 Å². The van der Waals surface area contributed by atoms with E-state index in [9.17, 15) is 0 Å². The van der Waals surface area contributed by atoms with E-state index >= 15 is 0 Å². The van der Waals surface area contributed by atoms with Crippen LogP contribution in [0.1, 0.15) is 12.6 Å². The summed E-state index contributed by atoms with van der Waals surface area (Å²) >= 11 is 0. The molecule has 0 bridgehead atoms. The van der Waals surface area contributed by atoms with Crippen LogP contribution in [-0.2, 0) is 6.54 Å². The monoisotopic (exact) mass is 209 g/mol. The maximum absolute atomic E-state index is 9.06. The summed E-state index contributed by atoms with van der Waals surface area (Å²) in [5.41, 5.74) is 0.943. The number of hydrogen-bond acceptors (Lipinski definition) is 4. The molecule has 1 atom stereocenters. The molecule has 1 aromatic rings. The molecule has 4 heteroatoms. The Bertz CT molecular complexity index is 284. The van der Waals surface area contributed by atoms with Crippen LogP contribution in [-0.4, -0.2) is 41.7 Å². The van der Waals surface area contributed by atoms with Gasteiger partial charge in [-0.1, -0.05) is 0 Å². The zero-order valence-electron chi connectivity index (χ0n) is 9.57. The Morgan fingerprint density at radius 1 is 1.47 bits per heavy atom. The molecule has 0 saturated heterocycles. The summed E-state index contributed by atoms with van der Waals surface area (Å²) in [6.07, 6.45) is 1.47. The zero-order valence-corrected chi connectivity index (χ0v) is 9.57. The molecular formula is C11H19N3O. The van der Waals surface area contributed by atoms with Crippen LogP contribution < -0.4 is 5.32 Å². The summed E-state index contributed by atoms with van der Waals surface area (Å²) in [6, 6.07) is 3.90. The van der Waals surface area contributed by atoms with Crippen LogP contribution in [0.25, 0.3) is 0 Å². The first-order valence-electron chi connectivity index (χ1n) is 5.10. The highest BCUT2D eigenvalue weighted by atomic mass is 16.3. The molecule has 0 aliphatic heterocycles. The van der Waals surface area contributed by atoms with Gasteiger partial charge in [0.1, 0.15) is 5.75 Å². The molecule has 0 radical (unpaired) electrons. The summed E-state index contributed by atoms with van der Waals surface area (Å²) in [6.45, 7) is 3.87. The van der Waals surface area contributed by atoms with E-state index in [0.29, 0.717) is 6.04 Å². The van der Waals surface area contributed by atoms with Gasteiger partial charge in [0.15, 0.2) is 0 Å². The number of aromatic nitrogens is 1. The van der Waals surface area contributed by atoms with Crippen LogP contribution >= 0.6 is 0 Å². The minimum atomic E-state index is 0.208. The molecule has 0 spiro atoms. The number of likely N-dealkylation sites (N-methyl/N-ethyl adjacent to an activating group) is 1. The summed E-state index contributed by atoms with van der Waals surface area (Å²) in [7, 11) is 4.11. The predicted molar refractivity (Wildman–Crippen MR) is 60.8 cm³/mol. The minimum Gasteiger partial charge on any atom is -0.506 e. The maximum atomic E-state index is 9.06. The number of nitrogens with one attached hydrogen (secondary N) is 1. The molecule has 84 valence electrons. The average molecular weight is 209 g/mol. The third-order valence-electron chi connectivity index (χ3n) is 2.08. The van der Waals surface area contributed by atoms with Crippen molar-refractivity contribution in [2.24, 2.45) is 0 Å². The standard InChI is InChI=1S/C11H19N3O/c1-9(8-14(2)3)12-6-10-4-5-11(15)7-13-10/h4-5,7,9,12,15H,6,8H2,1-3H3. The Kier molecular flexibility index (Phi) is 4.52. The Morgan fingerprint density at radius 2 is 2.20 bits per heavy atom. The van der Waals surface area contributed by atoms with Gasteiger partial charge in [0.25, 0.3) is 0 Å². The lowest BCUT2D eigenvalue weighted by molar-refractivity contribution is 0.348. The third-order valence-corrected chi connectivity index (χ3v) is 2.08. The number of rotatable bonds is 5. The van der Waals surface area contributed by atoms with E-state index in [1.807, 2.05) is 6.07 Å². The topological polar surface area (TPSA) is 48.4 Å². The number of aromatic hydroxyl groups is 1. The summed E-state index contributed by atoms with van der Waals surface area (Å²) in [5, 5.41) is 12.4. The van der Waals surface area contributed by atoms with Gasteiger partial charge in [0, 0.05) is 19.1 Å². The molecule has 0 amide bonds. The van der Waals surface area contributed by atoms with Crippen molar-refractivity contribution in [1.82, 2.24) is 15.2 Å². The first kappa shape index (κ1) is 11.9. The molecular weight excluding hydrogens is 190 g/mol. The number of pyridine rings is 1. The predicted octanol–water partition coefficient (Wildman–Crippen LogP) is 0.827. The van der Waals surface area contributed by atoms with E-state index in [-0.39, 0.29) is 5.75 Å². The van der Waals surface area contributed by atoms with E-state index < -0.39 is 0 Å². The van der Waals surface area contributed by atoms with Gasteiger partial charge in [-0.05, 0) is 33.2 Å². The summed E-state index contributed by atoms with van der Waals surface area (Å²) in [5.74, 6) is 0.208. The first-order chi connectivity index (χ1) is 7.08. The van der Waals surface area contributed by atoms with Gasteiger partial charge in [0.05, 0.1) is 11.9 Å². The van der Waals surface area contributed by atoms with Gasteiger partial charge in [-0.3, -0.25) is 4.98 Å². The Hall–Kier alpha value is -1.13. The molecule has 4 nitrogen and oxygen atoms in total. The van der Waals surface area contributed by atoms with Gasteiger partial charge >= 0.3 is 0 Å². The molecule has 1 rings (SSSR count). The SMILES string of the molecule is CC(CN(C)C)NCc1ccc(O)cn1. The molecule has 0 aliphatic carbocycles. The lowest BCUT2D eigenvalue weighted by Gasteiger charge is -2.17. The van der Waals surface area contributed by atoms with E-state index in [1.165, 1.54) is 6.20 Å². The second-order valence-electron chi connectivity index (χ2n) is 4.05. The molecule has 0 aliphatic rings. The van der Waals surface area contributed by atoms with Crippen LogP contribution in [0, 0.1) is 0 Å². The quantitative estimate of drug-likeness (QED) is 0.754. The Morgan fingerprint density at radius 3 is 2.73 bits per heavy atom. The van der Waals surface area contributed by atoms with Gasteiger partial charge in [-0.15, -0.1) is 0 Å². The van der Waals surface area contributed by atoms with Crippen molar-refractivity contribution in [3.63, 3.8) is 0 Å². The van der Waals surface area contributed by atoms with Crippen molar-refractivity contribution in [2.75, 3.05) is 20.6 Å². The van der Waals surface area contributed by atoms with Crippen LogP contribution in [0.5, 0.6) is 5.75 Å². The van der Waals surface area contributed by atoms with Crippen molar-refractivity contribution >= 4 is 0 Å². The van der Waals surface area contributed by atoms with Crippen molar-refractivity contribution in [1.29, 1.82) is 0 Å². The van der Waals surface area contributed by atoms with Crippen molar-refractivity contribution in [2.45, 2.75) is 19.5 Å². The third kappa shape index (κ3) is 4.76. The normalized spacial score (nSPS) is 13.1.